The monoisotopic (exact) mass is 690 g/mol. The van der Waals surface area contributed by atoms with Crippen LogP contribution in [0.15, 0.2) is 48.6 Å². The van der Waals surface area contributed by atoms with Gasteiger partial charge in [-0.25, -0.2) is 4.18 Å². The summed E-state index contributed by atoms with van der Waals surface area (Å²) in [6.45, 7) is 3.68. The van der Waals surface area contributed by atoms with Gasteiger partial charge in [0, 0.05) is 13.0 Å². The molecule has 0 radical (unpaired) electrons. The number of ether oxygens (including phenoxy) is 4. The Kier molecular flexibility index (Phi) is 24.7. The molecule has 1 rings (SSSR count). The number of hydrogen-bond donors (Lipinski definition) is 4. The number of aliphatic hydroxyl groups is 3. The average Bonchev–Trinajstić information content (AvgIpc) is 3.03. The molecule has 4 N–H and O–H groups in total. The third-order valence-corrected chi connectivity index (χ3v) is 7.69. The number of hydrogen-bond acceptors (Lipinski definition) is 11. The SMILES string of the molecule is CC/C=C\C/C=C\C/C=C\C/C=C\CCC(=O)OC(COCCCCCCCCC)COC1OC(CO)C(O)C(OS(=O)(=O)O)C1O. The van der Waals surface area contributed by atoms with Crippen LogP contribution in [0.4, 0.5) is 0 Å². The molecule has 6 unspecified atom stereocenters. The van der Waals surface area contributed by atoms with E-state index in [2.05, 4.69) is 54.5 Å². The maximum Gasteiger partial charge on any atom is 0.397 e. The minimum absolute atomic E-state index is 0.00532. The van der Waals surface area contributed by atoms with Gasteiger partial charge in [-0.15, -0.1) is 0 Å². The quantitative estimate of drug-likeness (QED) is 0.0398. The van der Waals surface area contributed by atoms with Crippen molar-refractivity contribution in [3.05, 3.63) is 48.6 Å². The molecule has 0 saturated carbocycles. The van der Waals surface area contributed by atoms with Crippen LogP contribution >= 0.6 is 0 Å². The third-order valence-electron chi connectivity index (χ3n) is 7.23. The second-order valence-electron chi connectivity index (χ2n) is 11.4. The minimum atomic E-state index is -5.06. The van der Waals surface area contributed by atoms with Gasteiger partial charge in [0.2, 0.25) is 0 Å². The Balaban J connectivity index is 2.63. The first-order valence-corrected chi connectivity index (χ1v) is 18.3. The lowest BCUT2D eigenvalue weighted by Crippen LogP contribution is -2.60. The summed E-state index contributed by atoms with van der Waals surface area (Å²) >= 11 is 0. The summed E-state index contributed by atoms with van der Waals surface area (Å²) in [5.74, 6) is -0.484. The number of carbonyl (C=O) groups is 1. The van der Waals surface area contributed by atoms with Crippen LogP contribution in [0.2, 0.25) is 0 Å². The van der Waals surface area contributed by atoms with E-state index in [1.807, 2.05) is 12.2 Å². The van der Waals surface area contributed by atoms with Crippen LogP contribution in [0.1, 0.15) is 97.3 Å². The molecule has 13 heteroatoms. The summed E-state index contributed by atoms with van der Waals surface area (Å²) < 4.78 is 58.3. The molecule has 272 valence electrons. The predicted molar refractivity (Wildman–Crippen MR) is 179 cm³/mol. The minimum Gasteiger partial charge on any atom is -0.457 e. The van der Waals surface area contributed by atoms with E-state index in [0.29, 0.717) is 13.0 Å². The molecule has 0 amide bonds. The molecule has 0 aliphatic carbocycles. The van der Waals surface area contributed by atoms with Crippen LogP contribution in [0.5, 0.6) is 0 Å². The summed E-state index contributed by atoms with van der Waals surface area (Å²) in [7, 11) is -5.06. The molecule has 0 spiro atoms. The standard InChI is InChI=1S/C34H58O12S/c1-3-5-7-9-11-12-13-14-15-16-17-19-21-23-30(36)44-28(26-42-24-22-20-18-10-8-6-4-2)27-43-34-32(38)33(46-47(39,40)41)31(37)29(25-35)45-34/h5,7,11-12,14-15,17,19,28-29,31-35,37-38H,3-4,6,8-10,13,16,18,20-27H2,1-2H3,(H,39,40,41)/b7-5-,12-11-,15-14-,19-17-. The summed E-state index contributed by atoms with van der Waals surface area (Å²) in [5.41, 5.74) is 0. The molecule has 1 saturated heterocycles. The Labute approximate surface area is 281 Å². The number of aliphatic hydroxyl groups excluding tert-OH is 3. The normalized spacial score (nSPS) is 23.1. The molecule has 1 aliphatic heterocycles. The zero-order valence-corrected chi connectivity index (χ0v) is 28.9. The van der Waals surface area contributed by atoms with Crippen LogP contribution in [0.3, 0.4) is 0 Å². The van der Waals surface area contributed by atoms with Gasteiger partial charge in [0.15, 0.2) is 6.29 Å². The van der Waals surface area contributed by atoms with Crippen molar-refractivity contribution in [2.24, 2.45) is 0 Å². The summed E-state index contributed by atoms with van der Waals surface area (Å²) in [5, 5.41) is 30.3. The highest BCUT2D eigenvalue weighted by molar-refractivity contribution is 7.80. The van der Waals surface area contributed by atoms with E-state index in [1.165, 1.54) is 25.7 Å². The fourth-order valence-electron chi connectivity index (χ4n) is 4.68. The Morgan fingerprint density at radius 2 is 1.43 bits per heavy atom. The van der Waals surface area contributed by atoms with Gasteiger partial charge in [0.1, 0.15) is 30.5 Å². The van der Waals surface area contributed by atoms with E-state index in [1.54, 1.807) is 0 Å². The molecule has 1 fully saturated rings. The number of rotatable bonds is 27. The van der Waals surface area contributed by atoms with Gasteiger partial charge in [-0.05, 0) is 38.5 Å². The first-order valence-electron chi connectivity index (χ1n) is 16.9. The topological polar surface area (TPSA) is 178 Å². The molecule has 0 aromatic rings. The van der Waals surface area contributed by atoms with Gasteiger partial charge in [0.05, 0.1) is 19.8 Å². The molecular formula is C34H58O12S. The van der Waals surface area contributed by atoms with Gasteiger partial charge in [-0.3, -0.25) is 9.35 Å². The van der Waals surface area contributed by atoms with Gasteiger partial charge in [-0.1, -0.05) is 101 Å². The second-order valence-corrected chi connectivity index (χ2v) is 12.4. The second kappa shape index (κ2) is 26.9. The summed E-state index contributed by atoms with van der Waals surface area (Å²) in [4.78, 5) is 12.6. The molecule has 0 aromatic carbocycles. The predicted octanol–water partition coefficient (Wildman–Crippen LogP) is 4.89. The number of unbranched alkanes of at least 4 members (excludes halogenated alkanes) is 6. The van der Waals surface area contributed by atoms with E-state index in [4.69, 9.17) is 23.5 Å². The van der Waals surface area contributed by atoms with Crippen molar-refractivity contribution >= 4 is 16.4 Å². The molecular weight excluding hydrogens is 632 g/mol. The lowest BCUT2D eigenvalue weighted by Gasteiger charge is -2.41. The Hall–Kier alpha value is -1.94. The first kappa shape index (κ1) is 43.1. The molecule has 1 heterocycles. The fraction of sp³-hybridized carbons (Fsp3) is 0.735. The average molecular weight is 691 g/mol. The van der Waals surface area contributed by atoms with Crippen molar-refractivity contribution in [3.63, 3.8) is 0 Å². The first-order chi connectivity index (χ1) is 22.6. The van der Waals surface area contributed by atoms with Crippen molar-refractivity contribution in [1.29, 1.82) is 0 Å². The molecule has 6 atom stereocenters. The molecule has 0 bridgehead atoms. The van der Waals surface area contributed by atoms with E-state index in [0.717, 1.165) is 44.9 Å². The zero-order valence-electron chi connectivity index (χ0n) is 28.1. The van der Waals surface area contributed by atoms with Crippen LogP contribution in [-0.2, 0) is 38.3 Å². The highest BCUT2D eigenvalue weighted by Crippen LogP contribution is 2.26. The Morgan fingerprint density at radius 1 is 0.830 bits per heavy atom. The largest absolute Gasteiger partial charge is 0.457 e. The maximum absolute atomic E-state index is 12.6. The van der Waals surface area contributed by atoms with Crippen molar-refractivity contribution in [2.45, 2.75) is 134 Å². The third kappa shape index (κ3) is 21.6. The summed E-state index contributed by atoms with van der Waals surface area (Å²) in [6.07, 6.45) is 19.2. The van der Waals surface area contributed by atoms with Gasteiger partial charge in [0.25, 0.3) is 0 Å². The van der Waals surface area contributed by atoms with Gasteiger partial charge >= 0.3 is 16.4 Å². The fourth-order valence-corrected chi connectivity index (χ4v) is 5.19. The van der Waals surface area contributed by atoms with Crippen LogP contribution in [0, 0.1) is 0 Å². The Bertz CT molecular complexity index is 1030. The van der Waals surface area contributed by atoms with Gasteiger partial charge < -0.3 is 34.3 Å². The molecule has 0 aromatic heterocycles. The van der Waals surface area contributed by atoms with Crippen molar-refractivity contribution in [2.75, 3.05) is 26.4 Å². The Morgan fingerprint density at radius 3 is 2.02 bits per heavy atom. The maximum atomic E-state index is 12.6. The zero-order chi connectivity index (χ0) is 34.8. The van der Waals surface area contributed by atoms with Crippen molar-refractivity contribution < 1.29 is 56.2 Å². The van der Waals surface area contributed by atoms with Crippen LogP contribution < -0.4 is 0 Å². The van der Waals surface area contributed by atoms with Crippen molar-refractivity contribution in [1.82, 2.24) is 0 Å². The summed E-state index contributed by atoms with van der Waals surface area (Å²) in [6, 6.07) is 0. The van der Waals surface area contributed by atoms with E-state index < -0.39 is 59.8 Å². The van der Waals surface area contributed by atoms with Crippen LogP contribution in [0.25, 0.3) is 0 Å². The van der Waals surface area contributed by atoms with E-state index in [9.17, 15) is 28.5 Å². The van der Waals surface area contributed by atoms with Crippen LogP contribution in [-0.4, -0.2) is 97.5 Å². The van der Waals surface area contributed by atoms with E-state index in [-0.39, 0.29) is 19.6 Å². The molecule has 12 nitrogen and oxygen atoms in total. The molecule has 47 heavy (non-hydrogen) atoms. The lowest BCUT2D eigenvalue weighted by atomic mass is 9.99. The number of allylic oxidation sites excluding steroid dienone is 8. The highest BCUT2D eigenvalue weighted by atomic mass is 32.3. The highest BCUT2D eigenvalue weighted by Gasteiger charge is 2.48. The molecule has 1 aliphatic rings. The van der Waals surface area contributed by atoms with E-state index >= 15 is 0 Å². The van der Waals surface area contributed by atoms with Gasteiger partial charge in [-0.2, -0.15) is 8.42 Å². The van der Waals surface area contributed by atoms with Crippen molar-refractivity contribution in [3.8, 4) is 0 Å². The number of esters is 1. The number of carbonyl (C=O) groups excluding carboxylic acids is 1. The smallest absolute Gasteiger partial charge is 0.397 e. The lowest BCUT2D eigenvalue weighted by molar-refractivity contribution is -0.301.